The summed E-state index contributed by atoms with van der Waals surface area (Å²) in [4.78, 5) is 13.4. The molecule has 0 atom stereocenters. The van der Waals surface area contributed by atoms with E-state index in [0.29, 0.717) is 6.54 Å². The van der Waals surface area contributed by atoms with Crippen molar-refractivity contribution in [3.63, 3.8) is 0 Å². The Morgan fingerprint density at radius 1 is 1.43 bits per heavy atom. The van der Waals surface area contributed by atoms with Crippen molar-refractivity contribution < 1.29 is 4.79 Å². The van der Waals surface area contributed by atoms with Crippen LogP contribution in [-0.2, 0) is 0 Å². The molecule has 4 heteroatoms. The van der Waals surface area contributed by atoms with Crippen molar-refractivity contribution in [2.45, 2.75) is 39.7 Å². The van der Waals surface area contributed by atoms with Gasteiger partial charge in [0, 0.05) is 18.6 Å². The molecular formula is C10H23N3O. The first-order valence-electron chi connectivity index (χ1n) is 5.18. The zero-order chi connectivity index (χ0) is 11.2. The smallest absolute Gasteiger partial charge is 0.317 e. The van der Waals surface area contributed by atoms with Crippen LogP contribution in [0.1, 0.15) is 34.1 Å². The molecule has 0 spiro atoms. The molecule has 0 aromatic carbocycles. The van der Waals surface area contributed by atoms with E-state index in [1.165, 1.54) is 0 Å². The van der Waals surface area contributed by atoms with Crippen molar-refractivity contribution in [1.82, 2.24) is 10.2 Å². The lowest BCUT2D eigenvalue weighted by molar-refractivity contribution is 0.191. The van der Waals surface area contributed by atoms with Gasteiger partial charge in [-0.1, -0.05) is 0 Å². The zero-order valence-electron chi connectivity index (χ0n) is 9.76. The normalized spacial score (nSPS) is 11.2. The summed E-state index contributed by atoms with van der Waals surface area (Å²) in [5.74, 6) is 0. The van der Waals surface area contributed by atoms with Crippen LogP contribution >= 0.6 is 0 Å². The van der Waals surface area contributed by atoms with E-state index in [1.54, 1.807) is 4.90 Å². The average Bonchev–Trinajstić information content (AvgIpc) is 2.02. The number of carbonyl (C=O) groups excluding carboxylic acids is 1. The van der Waals surface area contributed by atoms with Gasteiger partial charge in [0.25, 0.3) is 0 Å². The van der Waals surface area contributed by atoms with E-state index in [1.807, 2.05) is 27.7 Å². The predicted molar refractivity (Wildman–Crippen MR) is 59.2 cm³/mol. The lowest BCUT2D eigenvalue weighted by atomic mass is 10.1. The Balaban J connectivity index is 4.04. The molecule has 0 aliphatic heterocycles. The fourth-order valence-corrected chi connectivity index (χ4v) is 1.09. The van der Waals surface area contributed by atoms with Crippen molar-refractivity contribution in [2.75, 3.05) is 19.6 Å². The molecule has 84 valence electrons. The van der Waals surface area contributed by atoms with Crippen molar-refractivity contribution >= 4 is 6.03 Å². The van der Waals surface area contributed by atoms with Gasteiger partial charge in [0.15, 0.2) is 0 Å². The van der Waals surface area contributed by atoms with Crippen LogP contribution in [0.25, 0.3) is 0 Å². The molecular weight excluding hydrogens is 178 g/mol. The van der Waals surface area contributed by atoms with Crippen LogP contribution in [0.4, 0.5) is 4.79 Å². The molecule has 3 N–H and O–H groups in total. The number of hydrogen-bond donors (Lipinski definition) is 2. The van der Waals surface area contributed by atoms with Crippen molar-refractivity contribution in [3.05, 3.63) is 0 Å². The number of nitrogens with zero attached hydrogens (tertiary/aromatic N) is 1. The second-order valence-electron chi connectivity index (χ2n) is 4.40. The van der Waals surface area contributed by atoms with E-state index in [9.17, 15) is 4.79 Å². The molecule has 0 unspecified atom stereocenters. The number of carbonyl (C=O) groups is 1. The third-order valence-electron chi connectivity index (χ3n) is 1.78. The van der Waals surface area contributed by atoms with Crippen LogP contribution in [0.3, 0.4) is 0 Å². The van der Waals surface area contributed by atoms with Gasteiger partial charge >= 0.3 is 6.03 Å². The first-order chi connectivity index (χ1) is 6.40. The highest BCUT2D eigenvalue weighted by molar-refractivity contribution is 5.74. The van der Waals surface area contributed by atoms with Gasteiger partial charge in [-0.2, -0.15) is 0 Å². The fourth-order valence-electron chi connectivity index (χ4n) is 1.09. The van der Waals surface area contributed by atoms with Crippen LogP contribution < -0.4 is 11.1 Å². The maximum absolute atomic E-state index is 11.7. The summed E-state index contributed by atoms with van der Waals surface area (Å²) in [6, 6.07) is -0.00606. The highest BCUT2D eigenvalue weighted by atomic mass is 16.2. The van der Waals surface area contributed by atoms with E-state index < -0.39 is 0 Å². The number of nitrogens with two attached hydrogens (primary N) is 1. The molecule has 0 rings (SSSR count). The van der Waals surface area contributed by atoms with Gasteiger partial charge in [0.1, 0.15) is 0 Å². The zero-order valence-corrected chi connectivity index (χ0v) is 9.76. The molecule has 0 bridgehead atoms. The minimum atomic E-state index is -0.173. The maximum atomic E-state index is 11.7. The molecule has 0 heterocycles. The minimum Gasteiger partial charge on any atom is -0.333 e. The highest BCUT2D eigenvalue weighted by Gasteiger charge is 2.17. The SMILES string of the molecule is CCN(CCCN)C(=O)NC(C)(C)C. The molecule has 0 aromatic heterocycles. The second kappa shape index (κ2) is 5.86. The van der Waals surface area contributed by atoms with Gasteiger partial charge in [-0.25, -0.2) is 4.79 Å². The Labute approximate surface area is 86.8 Å². The molecule has 0 aliphatic rings. The average molecular weight is 201 g/mol. The monoisotopic (exact) mass is 201 g/mol. The Bertz CT molecular complexity index is 175. The molecule has 2 amide bonds. The Morgan fingerprint density at radius 3 is 2.36 bits per heavy atom. The lowest BCUT2D eigenvalue weighted by Gasteiger charge is -2.27. The fraction of sp³-hybridized carbons (Fsp3) is 0.900. The highest BCUT2D eigenvalue weighted by Crippen LogP contribution is 2.01. The van der Waals surface area contributed by atoms with Crippen molar-refractivity contribution in [1.29, 1.82) is 0 Å². The summed E-state index contributed by atoms with van der Waals surface area (Å²) in [6.45, 7) is 9.97. The van der Waals surface area contributed by atoms with Crippen LogP contribution in [-0.4, -0.2) is 36.1 Å². The van der Waals surface area contributed by atoms with Gasteiger partial charge in [-0.15, -0.1) is 0 Å². The molecule has 0 fully saturated rings. The van der Waals surface area contributed by atoms with Gasteiger partial charge in [0.05, 0.1) is 0 Å². The summed E-state index contributed by atoms with van der Waals surface area (Å²) in [5, 5.41) is 2.93. The molecule has 4 nitrogen and oxygen atoms in total. The minimum absolute atomic E-state index is 0.00606. The van der Waals surface area contributed by atoms with Gasteiger partial charge in [-0.3, -0.25) is 0 Å². The third-order valence-corrected chi connectivity index (χ3v) is 1.78. The summed E-state index contributed by atoms with van der Waals surface area (Å²) in [5.41, 5.74) is 5.23. The largest absolute Gasteiger partial charge is 0.333 e. The Kier molecular flexibility index (Phi) is 5.53. The predicted octanol–water partition coefficient (Wildman–Crippen LogP) is 1.17. The Morgan fingerprint density at radius 2 is 2.00 bits per heavy atom. The molecule has 0 aliphatic carbocycles. The summed E-state index contributed by atoms with van der Waals surface area (Å²) in [7, 11) is 0. The van der Waals surface area contributed by atoms with Gasteiger partial charge < -0.3 is 16.0 Å². The Hall–Kier alpha value is -0.770. The van der Waals surface area contributed by atoms with E-state index >= 15 is 0 Å². The second-order valence-corrected chi connectivity index (χ2v) is 4.40. The van der Waals surface area contributed by atoms with Crippen molar-refractivity contribution in [3.8, 4) is 0 Å². The first kappa shape index (κ1) is 13.2. The number of hydrogen-bond acceptors (Lipinski definition) is 2. The summed E-state index contributed by atoms with van der Waals surface area (Å²) in [6.07, 6.45) is 0.853. The molecule has 14 heavy (non-hydrogen) atoms. The summed E-state index contributed by atoms with van der Waals surface area (Å²) >= 11 is 0. The number of amides is 2. The van der Waals surface area contributed by atoms with Gasteiger partial charge in [0.2, 0.25) is 0 Å². The van der Waals surface area contributed by atoms with Crippen LogP contribution in [0.5, 0.6) is 0 Å². The van der Waals surface area contributed by atoms with Crippen LogP contribution in [0.15, 0.2) is 0 Å². The third kappa shape index (κ3) is 5.80. The molecule has 0 saturated carbocycles. The maximum Gasteiger partial charge on any atom is 0.317 e. The number of urea groups is 1. The van der Waals surface area contributed by atoms with E-state index in [-0.39, 0.29) is 11.6 Å². The van der Waals surface area contributed by atoms with E-state index in [2.05, 4.69) is 5.32 Å². The van der Waals surface area contributed by atoms with E-state index in [0.717, 1.165) is 19.5 Å². The quantitative estimate of drug-likeness (QED) is 0.717. The number of nitrogens with one attached hydrogen (secondary N) is 1. The standard InChI is InChI=1S/C10H23N3O/c1-5-13(8-6-7-11)9(14)12-10(2,3)4/h5-8,11H2,1-4H3,(H,12,14). The lowest BCUT2D eigenvalue weighted by Crippen LogP contribution is -2.48. The summed E-state index contributed by atoms with van der Waals surface area (Å²) < 4.78 is 0. The first-order valence-corrected chi connectivity index (χ1v) is 5.18. The molecule has 0 aromatic rings. The molecule has 0 radical (unpaired) electrons. The van der Waals surface area contributed by atoms with E-state index in [4.69, 9.17) is 5.73 Å². The topological polar surface area (TPSA) is 58.4 Å². The van der Waals surface area contributed by atoms with Gasteiger partial charge in [-0.05, 0) is 40.7 Å². The number of rotatable bonds is 4. The molecule has 0 saturated heterocycles. The van der Waals surface area contributed by atoms with Crippen molar-refractivity contribution in [2.24, 2.45) is 5.73 Å². The van der Waals surface area contributed by atoms with Crippen LogP contribution in [0, 0.1) is 0 Å². The van der Waals surface area contributed by atoms with Crippen LogP contribution in [0.2, 0.25) is 0 Å².